The van der Waals surface area contributed by atoms with Crippen LogP contribution in [-0.2, 0) is 6.42 Å². The van der Waals surface area contributed by atoms with E-state index in [-0.39, 0.29) is 30.0 Å². The van der Waals surface area contributed by atoms with Crippen molar-refractivity contribution in [3.05, 3.63) is 51.5 Å². The Hall–Kier alpha value is -1.15. The lowest BCUT2D eigenvalue weighted by Crippen LogP contribution is -2.39. The maximum absolute atomic E-state index is 4.38. The minimum atomic E-state index is 0. The summed E-state index contributed by atoms with van der Waals surface area (Å²) in [6.45, 7) is 7.19. The molecule has 0 saturated heterocycles. The second-order valence-electron chi connectivity index (χ2n) is 5.34. The van der Waals surface area contributed by atoms with Crippen LogP contribution in [0.3, 0.4) is 0 Å². The zero-order chi connectivity index (χ0) is 15.9. The van der Waals surface area contributed by atoms with Crippen molar-refractivity contribution in [3.8, 4) is 0 Å². The second kappa shape index (κ2) is 9.87. The number of rotatable bonds is 5. The van der Waals surface area contributed by atoms with E-state index in [1.165, 1.54) is 16.0 Å². The number of benzene rings is 1. The number of hydrogen-bond donors (Lipinski definition) is 2. The summed E-state index contributed by atoms with van der Waals surface area (Å²) in [7, 11) is 1.80. The van der Waals surface area contributed by atoms with Gasteiger partial charge in [-0.3, -0.25) is 4.99 Å². The first kappa shape index (κ1) is 19.9. The summed E-state index contributed by atoms with van der Waals surface area (Å²) in [6.07, 6.45) is 2.84. The molecule has 1 atom stereocenters. The van der Waals surface area contributed by atoms with Gasteiger partial charge in [-0.15, -0.1) is 35.3 Å². The van der Waals surface area contributed by atoms with Crippen LogP contribution >= 0.6 is 35.3 Å². The number of aliphatic imine (C=N–C) groups is 1. The molecule has 1 aromatic heterocycles. The van der Waals surface area contributed by atoms with Gasteiger partial charge in [-0.05, 0) is 31.9 Å². The van der Waals surface area contributed by atoms with E-state index in [1.54, 1.807) is 18.4 Å². The number of nitrogens with zero attached hydrogens (tertiary/aromatic N) is 2. The number of guanidine groups is 1. The summed E-state index contributed by atoms with van der Waals surface area (Å²) in [5.74, 6) is 0.823. The molecule has 0 bridgehead atoms. The van der Waals surface area contributed by atoms with Gasteiger partial charge < -0.3 is 10.6 Å². The highest BCUT2D eigenvalue weighted by Gasteiger charge is 2.09. The number of hydrogen-bond acceptors (Lipinski definition) is 3. The van der Waals surface area contributed by atoms with Crippen LogP contribution in [0.4, 0.5) is 0 Å². The molecule has 0 aliphatic rings. The van der Waals surface area contributed by atoms with Crippen molar-refractivity contribution in [2.75, 3.05) is 13.6 Å². The summed E-state index contributed by atoms with van der Waals surface area (Å²) in [5, 5.41) is 7.95. The van der Waals surface area contributed by atoms with Crippen LogP contribution in [0.1, 0.15) is 34.0 Å². The van der Waals surface area contributed by atoms with Crippen molar-refractivity contribution in [2.24, 2.45) is 4.99 Å². The van der Waals surface area contributed by atoms with Crippen LogP contribution in [0, 0.1) is 13.8 Å². The lowest BCUT2D eigenvalue weighted by molar-refractivity contribution is 0.680. The standard InChI is InChI=1S/C17H24N4S.HI/c1-12-7-5-6-8-15(12)14(3)21-17(18-4)19-10-9-16-20-11-13(2)22-16;/h5-8,11,14H,9-10H2,1-4H3,(H2,18,19,21);1H. The molecule has 0 amide bonds. The Bertz CT molecular complexity index is 639. The van der Waals surface area contributed by atoms with E-state index in [0.717, 1.165) is 23.9 Å². The maximum Gasteiger partial charge on any atom is 0.191 e. The smallest absolute Gasteiger partial charge is 0.191 e. The Balaban J connectivity index is 0.00000264. The van der Waals surface area contributed by atoms with Crippen molar-refractivity contribution < 1.29 is 0 Å². The zero-order valence-electron chi connectivity index (χ0n) is 14.1. The largest absolute Gasteiger partial charge is 0.356 e. The van der Waals surface area contributed by atoms with Crippen molar-refractivity contribution >= 4 is 41.3 Å². The maximum atomic E-state index is 4.38. The van der Waals surface area contributed by atoms with E-state index >= 15 is 0 Å². The van der Waals surface area contributed by atoms with E-state index in [9.17, 15) is 0 Å². The Kier molecular flexibility index (Phi) is 8.54. The molecule has 2 aromatic rings. The molecule has 1 aromatic carbocycles. The van der Waals surface area contributed by atoms with E-state index in [4.69, 9.17) is 0 Å². The van der Waals surface area contributed by atoms with Crippen LogP contribution in [0.15, 0.2) is 35.5 Å². The third kappa shape index (κ3) is 6.10. The molecule has 6 heteroatoms. The van der Waals surface area contributed by atoms with E-state index in [2.05, 4.69) is 65.6 Å². The van der Waals surface area contributed by atoms with Gasteiger partial charge >= 0.3 is 0 Å². The van der Waals surface area contributed by atoms with E-state index < -0.39 is 0 Å². The molecule has 126 valence electrons. The van der Waals surface area contributed by atoms with Crippen LogP contribution in [0.5, 0.6) is 0 Å². The Labute approximate surface area is 159 Å². The molecule has 1 unspecified atom stereocenters. The van der Waals surface area contributed by atoms with Crippen LogP contribution < -0.4 is 10.6 Å². The summed E-state index contributed by atoms with van der Waals surface area (Å²) in [5.41, 5.74) is 2.58. The first-order valence-electron chi connectivity index (χ1n) is 7.54. The van der Waals surface area contributed by atoms with E-state index in [1.807, 2.05) is 6.20 Å². The average Bonchev–Trinajstić information content (AvgIpc) is 2.92. The molecule has 0 radical (unpaired) electrons. The van der Waals surface area contributed by atoms with Gasteiger partial charge in [0.1, 0.15) is 0 Å². The van der Waals surface area contributed by atoms with Gasteiger partial charge in [-0.1, -0.05) is 24.3 Å². The Morgan fingerprint density at radius 1 is 1.30 bits per heavy atom. The molecule has 0 aliphatic heterocycles. The fourth-order valence-corrected chi connectivity index (χ4v) is 3.14. The van der Waals surface area contributed by atoms with Gasteiger partial charge in [0.05, 0.1) is 11.0 Å². The fraction of sp³-hybridized carbons (Fsp3) is 0.412. The number of thiazole rings is 1. The van der Waals surface area contributed by atoms with E-state index in [0.29, 0.717) is 0 Å². The summed E-state index contributed by atoms with van der Waals surface area (Å²) >= 11 is 1.75. The molecule has 1 heterocycles. The highest BCUT2D eigenvalue weighted by atomic mass is 127. The second-order valence-corrected chi connectivity index (χ2v) is 6.66. The van der Waals surface area contributed by atoms with Crippen LogP contribution in [0.2, 0.25) is 0 Å². The van der Waals surface area contributed by atoms with Crippen LogP contribution in [-0.4, -0.2) is 24.5 Å². The minimum absolute atomic E-state index is 0. The van der Waals surface area contributed by atoms with Crippen molar-refractivity contribution in [1.82, 2.24) is 15.6 Å². The number of nitrogens with one attached hydrogen (secondary N) is 2. The molecule has 2 rings (SSSR count). The summed E-state index contributed by atoms with van der Waals surface area (Å²) in [6, 6.07) is 8.64. The first-order chi connectivity index (χ1) is 10.6. The molecule has 0 aliphatic carbocycles. The highest BCUT2D eigenvalue weighted by molar-refractivity contribution is 14.0. The minimum Gasteiger partial charge on any atom is -0.356 e. The van der Waals surface area contributed by atoms with Crippen LogP contribution in [0.25, 0.3) is 0 Å². The molecule has 0 saturated carbocycles. The van der Waals surface area contributed by atoms with Crippen molar-refractivity contribution in [2.45, 2.75) is 33.2 Å². The molecule has 23 heavy (non-hydrogen) atoms. The SMILES string of the molecule is CN=C(NCCc1ncc(C)s1)NC(C)c1ccccc1C.I. The lowest BCUT2D eigenvalue weighted by atomic mass is 10.0. The van der Waals surface area contributed by atoms with Gasteiger partial charge in [-0.25, -0.2) is 4.98 Å². The number of aryl methyl sites for hydroxylation is 2. The monoisotopic (exact) mass is 444 g/mol. The molecular weight excluding hydrogens is 419 g/mol. The number of aromatic nitrogens is 1. The van der Waals surface area contributed by atoms with Crippen molar-refractivity contribution in [1.29, 1.82) is 0 Å². The van der Waals surface area contributed by atoms with Gasteiger partial charge in [0, 0.05) is 31.1 Å². The van der Waals surface area contributed by atoms with Crippen molar-refractivity contribution in [3.63, 3.8) is 0 Å². The predicted molar refractivity (Wildman–Crippen MR) is 110 cm³/mol. The van der Waals surface area contributed by atoms with Gasteiger partial charge in [-0.2, -0.15) is 0 Å². The molecule has 2 N–H and O–H groups in total. The summed E-state index contributed by atoms with van der Waals surface area (Å²) in [4.78, 5) is 9.93. The van der Waals surface area contributed by atoms with Gasteiger partial charge in [0.15, 0.2) is 5.96 Å². The molecular formula is C17H25IN4S. The fourth-order valence-electron chi connectivity index (χ4n) is 2.35. The lowest BCUT2D eigenvalue weighted by Gasteiger charge is -2.19. The Morgan fingerprint density at radius 2 is 2.04 bits per heavy atom. The third-order valence-electron chi connectivity index (χ3n) is 3.53. The van der Waals surface area contributed by atoms with Gasteiger partial charge in [0.2, 0.25) is 0 Å². The van der Waals surface area contributed by atoms with Gasteiger partial charge in [0.25, 0.3) is 0 Å². The summed E-state index contributed by atoms with van der Waals surface area (Å²) < 4.78 is 0. The quantitative estimate of drug-likeness (QED) is 0.419. The predicted octanol–water partition coefficient (Wildman–Crippen LogP) is 3.85. The number of halogens is 1. The average molecular weight is 444 g/mol. The Morgan fingerprint density at radius 3 is 2.65 bits per heavy atom. The third-order valence-corrected chi connectivity index (χ3v) is 4.50. The zero-order valence-corrected chi connectivity index (χ0v) is 17.2. The topological polar surface area (TPSA) is 49.3 Å². The molecule has 0 fully saturated rings. The first-order valence-corrected chi connectivity index (χ1v) is 8.36. The molecule has 4 nitrogen and oxygen atoms in total. The molecule has 0 spiro atoms. The highest BCUT2D eigenvalue weighted by Crippen LogP contribution is 2.16. The normalized spacial score (nSPS) is 12.4.